The first-order chi connectivity index (χ1) is 10.1. The van der Waals surface area contributed by atoms with E-state index < -0.39 is 5.97 Å². The Labute approximate surface area is 125 Å². The topological polar surface area (TPSA) is 59.4 Å². The van der Waals surface area contributed by atoms with Crippen molar-refractivity contribution in [3.05, 3.63) is 47.5 Å². The summed E-state index contributed by atoms with van der Waals surface area (Å²) < 4.78 is 6.20. The van der Waals surface area contributed by atoms with Crippen molar-refractivity contribution in [3.63, 3.8) is 0 Å². The molecular weight excluding hydrogens is 286 g/mol. The lowest BCUT2D eigenvalue weighted by molar-refractivity contribution is 0.0697. The number of thiazole rings is 1. The lowest BCUT2D eigenvalue weighted by atomic mass is 10.1. The Morgan fingerprint density at radius 3 is 2.76 bits per heavy atom. The third-order valence-corrected chi connectivity index (χ3v) is 4.36. The van der Waals surface area contributed by atoms with Crippen LogP contribution in [0.4, 0.5) is 0 Å². The molecule has 1 aromatic heterocycles. The molecule has 0 saturated carbocycles. The zero-order valence-corrected chi connectivity index (χ0v) is 12.4. The lowest BCUT2D eigenvalue weighted by Crippen LogP contribution is -1.94. The van der Waals surface area contributed by atoms with Crippen LogP contribution < -0.4 is 4.74 Å². The van der Waals surface area contributed by atoms with Crippen molar-refractivity contribution < 1.29 is 14.6 Å². The van der Waals surface area contributed by atoms with Crippen molar-refractivity contribution in [2.75, 3.05) is 7.11 Å². The SMILES string of the molecule is COc1cc(-c2nc3ccc(C(=O)O)cc3s2)ccc1C. The first kappa shape index (κ1) is 13.6. The van der Waals surface area contributed by atoms with Gasteiger partial charge >= 0.3 is 5.97 Å². The summed E-state index contributed by atoms with van der Waals surface area (Å²) in [6.07, 6.45) is 0. The van der Waals surface area contributed by atoms with Crippen LogP contribution in [0.1, 0.15) is 15.9 Å². The molecule has 0 fully saturated rings. The van der Waals surface area contributed by atoms with Crippen molar-refractivity contribution in [1.29, 1.82) is 0 Å². The third-order valence-electron chi connectivity index (χ3n) is 3.29. The van der Waals surface area contributed by atoms with Gasteiger partial charge in [0.15, 0.2) is 0 Å². The highest BCUT2D eigenvalue weighted by Crippen LogP contribution is 2.33. The van der Waals surface area contributed by atoms with E-state index in [0.29, 0.717) is 0 Å². The number of nitrogens with zero attached hydrogens (tertiary/aromatic N) is 1. The number of rotatable bonds is 3. The van der Waals surface area contributed by atoms with E-state index in [9.17, 15) is 4.79 Å². The van der Waals surface area contributed by atoms with Gasteiger partial charge in [-0.15, -0.1) is 11.3 Å². The molecule has 4 nitrogen and oxygen atoms in total. The minimum atomic E-state index is -0.927. The zero-order chi connectivity index (χ0) is 15.0. The zero-order valence-electron chi connectivity index (χ0n) is 11.6. The Balaban J connectivity index is 2.10. The van der Waals surface area contributed by atoms with Crippen molar-refractivity contribution in [2.45, 2.75) is 6.92 Å². The fourth-order valence-electron chi connectivity index (χ4n) is 2.13. The molecule has 1 N–H and O–H groups in total. The molecule has 0 aliphatic rings. The van der Waals surface area contributed by atoms with E-state index in [1.165, 1.54) is 11.3 Å². The van der Waals surface area contributed by atoms with E-state index in [1.807, 2.05) is 25.1 Å². The average Bonchev–Trinajstić information content (AvgIpc) is 2.90. The molecule has 0 aliphatic heterocycles. The number of carboxylic acid groups (broad SMARTS) is 1. The van der Waals surface area contributed by atoms with Gasteiger partial charge in [0.05, 0.1) is 22.9 Å². The van der Waals surface area contributed by atoms with E-state index in [4.69, 9.17) is 9.84 Å². The van der Waals surface area contributed by atoms with E-state index in [0.717, 1.165) is 32.1 Å². The molecule has 0 spiro atoms. The molecular formula is C16H13NO3S. The summed E-state index contributed by atoms with van der Waals surface area (Å²) >= 11 is 1.48. The third kappa shape index (κ3) is 2.48. The summed E-state index contributed by atoms with van der Waals surface area (Å²) in [6.45, 7) is 1.99. The highest BCUT2D eigenvalue weighted by Gasteiger charge is 2.11. The maximum atomic E-state index is 11.0. The van der Waals surface area contributed by atoms with Crippen LogP contribution in [0.3, 0.4) is 0 Å². The number of aryl methyl sites for hydroxylation is 1. The number of fused-ring (bicyclic) bond motifs is 1. The van der Waals surface area contributed by atoms with Crippen molar-refractivity contribution in [2.24, 2.45) is 0 Å². The van der Waals surface area contributed by atoms with Crippen LogP contribution in [0.5, 0.6) is 5.75 Å². The van der Waals surface area contributed by atoms with Gasteiger partial charge in [-0.05, 0) is 36.8 Å². The van der Waals surface area contributed by atoms with Crippen LogP contribution in [0.25, 0.3) is 20.8 Å². The maximum Gasteiger partial charge on any atom is 0.335 e. The fraction of sp³-hybridized carbons (Fsp3) is 0.125. The molecule has 106 valence electrons. The number of ether oxygens (including phenoxy) is 1. The number of hydrogen-bond donors (Lipinski definition) is 1. The van der Waals surface area contributed by atoms with Crippen LogP contribution in [0.2, 0.25) is 0 Å². The molecule has 3 aromatic rings. The van der Waals surface area contributed by atoms with Crippen LogP contribution in [0.15, 0.2) is 36.4 Å². The quantitative estimate of drug-likeness (QED) is 0.794. The number of benzene rings is 2. The summed E-state index contributed by atoms with van der Waals surface area (Å²) in [7, 11) is 1.64. The van der Waals surface area contributed by atoms with Crippen molar-refractivity contribution >= 4 is 27.5 Å². The second-order valence-electron chi connectivity index (χ2n) is 4.69. The second-order valence-corrected chi connectivity index (χ2v) is 5.72. The molecule has 2 aromatic carbocycles. The summed E-state index contributed by atoms with van der Waals surface area (Å²) in [6, 6.07) is 10.9. The molecule has 21 heavy (non-hydrogen) atoms. The Morgan fingerprint density at radius 2 is 2.05 bits per heavy atom. The van der Waals surface area contributed by atoms with Crippen molar-refractivity contribution in [3.8, 4) is 16.3 Å². The van der Waals surface area contributed by atoms with Crippen molar-refractivity contribution in [1.82, 2.24) is 4.98 Å². The second kappa shape index (κ2) is 5.18. The maximum absolute atomic E-state index is 11.0. The minimum Gasteiger partial charge on any atom is -0.496 e. The summed E-state index contributed by atoms with van der Waals surface area (Å²) in [5.74, 6) is -0.109. The number of aromatic carboxylic acids is 1. The Morgan fingerprint density at radius 1 is 1.24 bits per heavy atom. The molecule has 0 radical (unpaired) electrons. The average molecular weight is 299 g/mol. The van der Waals surface area contributed by atoms with Gasteiger partial charge in [0.2, 0.25) is 0 Å². The summed E-state index contributed by atoms with van der Waals surface area (Å²) in [4.78, 5) is 15.6. The smallest absolute Gasteiger partial charge is 0.335 e. The summed E-state index contributed by atoms with van der Waals surface area (Å²) in [5.41, 5.74) is 3.12. The van der Waals surface area contributed by atoms with Crippen LogP contribution >= 0.6 is 11.3 Å². The molecule has 0 atom stereocenters. The number of hydrogen-bond acceptors (Lipinski definition) is 4. The number of methoxy groups -OCH3 is 1. The van der Waals surface area contributed by atoms with Crippen LogP contribution in [0, 0.1) is 6.92 Å². The van der Waals surface area contributed by atoms with Gasteiger partial charge in [-0.2, -0.15) is 0 Å². The largest absolute Gasteiger partial charge is 0.496 e. The molecule has 3 rings (SSSR count). The summed E-state index contributed by atoms with van der Waals surface area (Å²) in [5, 5.41) is 9.89. The predicted molar refractivity (Wildman–Crippen MR) is 83.3 cm³/mol. The fourth-order valence-corrected chi connectivity index (χ4v) is 3.14. The molecule has 0 unspecified atom stereocenters. The van der Waals surface area contributed by atoms with E-state index in [1.54, 1.807) is 25.3 Å². The predicted octanol–water partition coefficient (Wildman–Crippen LogP) is 3.98. The number of carbonyl (C=O) groups is 1. The highest BCUT2D eigenvalue weighted by atomic mass is 32.1. The molecule has 5 heteroatoms. The van der Waals surface area contributed by atoms with E-state index in [2.05, 4.69) is 4.98 Å². The Hall–Kier alpha value is -2.40. The van der Waals surface area contributed by atoms with Gasteiger partial charge in [-0.1, -0.05) is 12.1 Å². The van der Waals surface area contributed by atoms with Gasteiger partial charge in [0.1, 0.15) is 10.8 Å². The standard InChI is InChI=1S/C16H13NO3S/c1-9-3-4-10(7-13(9)20-2)15-17-12-6-5-11(16(18)19)8-14(12)21-15/h3-8H,1-2H3,(H,18,19). The van der Waals surface area contributed by atoms with Gasteiger partial charge in [0.25, 0.3) is 0 Å². The van der Waals surface area contributed by atoms with E-state index >= 15 is 0 Å². The molecule has 1 heterocycles. The van der Waals surface area contributed by atoms with Gasteiger partial charge < -0.3 is 9.84 Å². The molecule has 0 bridgehead atoms. The molecule has 0 aliphatic carbocycles. The lowest BCUT2D eigenvalue weighted by Gasteiger charge is -2.05. The van der Waals surface area contributed by atoms with E-state index in [-0.39, 0.29) is 5.56 Å². The molecule has 0 saturated heterocycles. The highest BCUT2D eigenvalue weighted by molar-refractivity contribution is 7.21. The van der Waals surface area contributed by atoms with Gasteiger partial charge in [-0.3, -0.25) is 0 Å². The number of aromatic nitrogens is 1. The normalized spacial score (nSPS) is 10.8. The van der Waals surface area contributed by atoms with Gasteiger partial charge in [-0.25, -0.2) is 9.78 Å². The first-order valence-electron chi connectivity index (χ1n) is 6.37. The monoisotopic (exact) mass is 299 g/mol. The van der Waals surface area contributed by atoms with Crippen LogP contribution in [-0.2, 0) is 0 Å². The Bertz CT molecular complexity index is 839. The first-order valence-corrected chi connectivity index (χ1v) is 7.19. The van der Waals surface area contributed by atoms with Crippen LogP contribution in [-0.4, -0.2) is 23.2 Å². The Kier molecular flexibility index (Phi) is 3.35. The minimum absolute atomic E-state index is 0.277. The number of carboxylic acids is 1. The molecule has 0 amide bonds. The van der Waals surface area contributed by atoms with Gasteiger partial charge in [0, 0.05) is 5.56 Å².